The van der Waals surface area contributed by atoms with Crippen molar-refractivity contribution in [2.75, 3.05) is 25.8 Å². The van der Waals surface area contributed by atoms with Gasteiger partial charge in [0.25, 0.3) is 10.0 Å². The number of carbonyl (C=O) groups excluding carboxylic acids is 1. The van der Waals surface area contributed by atoms with Crippen LogP contribution in [0.15, 0.2) is 27.7 Å². The fourth-order valence-electron chi connectivity index (χ4n) is 2.09. The summed E-state index contributed by atoms with van der Waals surface area (Å²) in [4.78, 5) is 24.7. The molecule has 0 spiro atoms. The fourth-order valence-corrected chi connectivity index (χ4v) is 5.02. The molecule has 27 heavy (non-hydrogen) atoms. The van der Waals surface area contributed by atoms with E-state index < -0.39 is 16.1 Å². The van der Waals surface area contributed by atoms with Crippen LogP contribution in [0.5, 0.6) is 11.8 Å². The first-order chi connectivity index (χ1) is 12.9. The van der Waals surface area contributed by atoms with Crippen molar-refractivity contribution in [3.8, 4) is 11.8 Å². The minimum Gasteiger partial charge on any atom is -0.481 e. The van der Waals surface area contributed by atoms with Crippen LogP contribution in [0.3, 0.4) is 0 Å². The van der Waals surface area contributed by atoms with Crippen LogP contribution in [0.1, 0.15) is 0 Å². The van der Waals surface area contributed by atoms with E-state index >= 15 is 0 Å². The first-order valence-corrected chi connectivity index (χ1v) is 10.8. The van der Waals surface area contributed by atoms with Crippen molar-refractivity contribution in [2.45, 2.75) is 10.1 Å². The number of fused-ring (bicyclic) bond motifs is 1. The summed E-state index contributed by atoms with van der Waals surface area (Å²) < 4.78 is 38.7. The smallest absolute Gasteiger partial charge is 0.335 e. The number of carbonyl (C=O) groups is 1. The number of nitrogens with zero attached hydrogens (tertiary/aromatic N) is 4. The third kappa shape index (κ3) is 3.91. The molecule has 0 aliphatic carbocycles. The van der Waals surface area contributed by atoms with Crippen molar-refractivity contribution >= 4 is 50.1 Å². The molecule has 0 aliphatic heterocycles. The summed E-state index contributed by atoms with van der Waals surface area (Å²) in [6, 6.07) is 0.368. The zero-order valence-corrected chi connectivity index (χ0v) is 16.7. The van der Waals surface area contributed by atoms with Gasteiger partial charge in [0, 0.05) is 11.6 Å². The van der Waals surface area contributed by atoms with E-state index in [1.165, 1.54) is 36.0 Å². The van der Waals surface area contributed by atoms with Gasteiger partial charge in [0.1, 0.15) is 5.03 Å². The molecule has 0 saturated heterocycles. The lowest BCUT2D eigenvalue weighted by atomic mass is 10.6. The lowest BCUT2D eigenvalue weighted by Crippen LogP contribution is -2.35. The largest absolute Gasteiger partial charge is 0.481 e. The molecular formula is C13H14N6O5S3. The summed E-state index contributed by atoms with van der Waals surface area (Å²) in [7, 11) is -1.44. The van der Waals surface area contributed by atoms with Gasteiger partial charge in [-0.3, -0.25) is 9.72 Å². The molecule has 144 valence electrons. The Morgan fingerprint density at radius 1 is 1.22 bits per heavy atom. The number of ether oxygens (including phenoxy) is 2. The summed E-state index contributed by atoms with van der Waals surface area (Å²) in [5.41, 5.74) is 0. The van der Waals surface area contributed by atoms with Crippen molar-refractivity contribution in [2.24, 2.45) is 0 Å². The number of nitrogens with one attached hydrogen (secondary N) is 2. The van der Waals surface area contributed by atoms with E-state index in [0.717, 1.165) is 11.8 Å². The van der Waals surface area contributed by atoms with Gasteiger partial charge in [-0.15, -0.1) is 23.1 Å². The van der Waals surface area contributed by atoms with E-state index in [-0.39, 0.29) is 27.8 Å². The zero-order valence-electron chi connectivity index (χ0n) is 14.3. The maximum atomic E-state index is 12.7. The van der Waals surface area contributed by atoms with E-state index in [9.17, 15) is 13.2 Å². The number of rotatable bonds is 6. The number of thiazole rings is 1. The van der Waals surface area contributed by atoms with Gasteiger partial charge in [0.15, 0.2) is 9.99 Å². The molecule has 0 fully saturated rings. The summed E-state index contributed by atoms with van der Waals surface area (Å²) in [6.07, 6.45) is 3.26. The van der Waals surface area contributed by atoms with Gasteiger partial charge in [-0.2, -0.15) is 18.4 Å². The Hall–Kier alpha value is -2.58. The van der Waals surface area contributed by atoms with Gasteiger partial charge < -0.3 is 9.47 Å². The highest BCUT2D eigenvalue weighted by Gasteiger charge is 2.27. The Morgan fingerprint density at radius 3 is 2.48 bits per heavy atom. The third-order valence-electron chi connectivity index (χ3n) is 3.19. The van der Waals surface area contributed by atoms with E-state index in [2.05, 4.69) is 20.3 Å². The van der Waals surface area contributed by atoms with Gasteiger partial charge >= 0.3 is 6.03 Å². The molecule has 2 N–H and O–H groups in total. The van der Waals surface area contributed by atoms with E-state index in [0.29, 0.717) is 4.96 Å². The molecule has 0 aromatic carbocycles. The predicted molar refractivity (Wildman–Crippen MR) is 99.3 cm³/mol. The number of amides is 2. The van der Waals surface area contributed by atoms with Crippen LogP contribution in [0.4, 0.5) is 10.7 Å². The highest BCUT2D eigenvalue weighted by atomic mass is 32.2. The number of urea groups is 1. The van der Waals surface area contributed by atoms with Gasteiger partial charge in [-0.25, -0.2) is 14.5 Å². The number of thioether (sulfide) groups is 1. The van der Waals surface area contributed by atoms with Crippen molar-refractivity contribution in [3.05, 3.63) is 17.6 Å². The molecule has 11 nitrogen and oxygen atoms in total. The maximum absolute atomic E-state index is 12.7. The molecule has 0 radical (unpaired) electrons. The van der Waals surface area contributed by atoms with Crippen LogP contribution in [0.2, 0.25) is 0 Å². The molecule has 3 aromatic heterocycles. The van der Waals surface area contributed by atoms with Gasteiger partial charge in [-0.05, 0) is 6.26 Å². The SMILES string of the molecule is COc1cc(OC)nc(NC(=O)NS(=O)(=O)c2c(SC)nc3sccn23)n1. The summed E-state index contributed by atoms with van der Waals surface area (Å²) in [5.74, 6) is 0.0962. The van der Waals surface area contributed by atoms with Crippen LogP contribution >= 0.6 is 23.1 Å². The number of sulfonamides is 1. The summed E-state index contributed by atoms with van der Waals surface area (Å²) >= 11 is 2.44. The highest BCUT2D eigenvalue weighted by Crippen LogP contribution is 2.27. The van der Waals surface area contributed by atoms with Crippen LogP contribution in [0, 0.1) is 0 Å². The normalized spacial score (nSPS) is 11.4. The molecule has 0 aliphatic rings. The number of aromatic nitrogens is 4. The molecule has 0 unspecified atom stereocenters. The third-order valence-corrected chi connectivity index (χ3v) is 6.10. The Kier molecular flexibility index (Phi) is 5.38. The number of hydrogen-bond donors (Lipinski definition) is 2. The second-order valence-corrected chi connectivity index (χ2v) is 8.08. The van der Waals surface area contributed by atoms with Crippen molar-refractivity contribution in [1.29, 1.82) is 0 Å². The zero-order chi connectivity index (χ0) is 19.6. The number of anilines is 1. The second-order valence-electron chi connectivity index (χ2n) is 4.82. The summed E-state index contributed by atoms with van der Waals surface area (Å²) in [6.45, 7) is 0. The van der Waals surface area contributed by atoms with Crippen LogP contribution in [0.25, 0.3) is 4.96 Å². The molecule has 3 heterocycles. The Morgan fingerprint density at radius 2 is 1.89 bits per heavy atom. The number of imidazole rings is 1. The molecular weight excluding hydrogens is 416 g/mol. The summed E-state index contributed by atoms with van der Waals surface area (Å²) in [5, 5.41) is 4.10. The molecule has 0 saturated carbocycles. The average Bonchev–Trinajstić information content (AvgIpc) is 3.20. The topological polar surface area (TPSA) is 137 Å². The van der Waals surface area contributed by atoms with Crippen LogP contribution in [-0.2, 0) is 10.0 Å². The minimum atomic E-state index is -4.20. The number of methoxy groups -OCH3 is 2. The minimum absolute atomic E-state index is 0.120. The number of hydrogen-bond acceptors (Lipinski definition) is 10. The van der Waals surface area contributed by atoms with E-state index in [1.807, 2.05) is 4.72 Å². The van der Waals surface area contributed by atoms with Crippen molar-refractivity contribution in [1.82, 2.24) is 24.1 Å². The molecule has 0 atom stereocenters. The van der Waals surface area contributed by atoms with Crippen LogP contribution in [-0.4, -0.2) is 54.3 Å². The van der Waals surface area contributed by atoms with Crippen molar-refractivity contribution in [3.63, 3.8) is 0 Å². The molecule has 0 bridgehead atoms. The van der Waals surface area contributed by atoms with Gasteiger partial charge in [0.2, 0.25) is 17.7 Å². The molecule has 14 heteroatoms. The highest BCUT2D eigenvalue weighted by molar-refractivity contribution is 7.99. The Bertz CT molecular complexity index is 1070. The molecule has 2 amide bonds. The van der Waals surface area contributed by atoms with Crippen molar-refractivity contribution < 1.29 is 22.7 Å². The molecule has 3 rings (SSSR count). The van der Waals surface area contributed by atoms with E-state index in [1.54, 1.807) is 17.8 Å². The van der Waals surface area contributed by atoms with E-state index in [4.69, 9.17) is 9.47 Å². The first-order valence-electron chi connectivity index (χ1n) is 7.18. The fraction of sp³-hybridized carbons (Fsp3) is 0.231. The van der Waals surface area contributed by atoms with Crippen LogP contribution < -0.4 is 19.5 Å². The Labute approximate surface area is 162 Å². The maximum Gasteiger partial charge on any atom is 0.335 e. The average molecular weight is 430 g/mol. The monoisotopic (exact) mass is 430 g/mol. The van der Waals surface area contributed by atoms with Gasteiger partial charge in [0.05, 0.1) is 20.3 Å². The second kappa shape index (κ2) is 7.58. The standard InChI is InChI=1S/C13H14N6O5S3/c1-23-7-6-8(24-2)15-11(14-7)17-12(20)18-27(21,22)10-9(25-3)16-13-19(10)4-5-26-13/h4-6H,1-3H3,(H2,14,15,17,18,20). The van der Waals surface area contributed by atoms with Gasteiger partial charge in [-0.1, -0.05) is 0 Å². The first kappa shape index (κ1) is 19.2. The lowest BCUT2D eigenvalue weighted by Gasteiger charge is -2.09. The Balaban J connectivity index is 1.85. The quantitative estimate of drug-likeness (QED) is 0.556. The lowest BCUT2D eigenvalue weighted by molar-refractivity contribution is 0.256. The molecule has 3 aromatic rings. The predicted octanol–water partition coefficient (Wildman–Crippen LogP) is 1.44.